The standard InChI is InChI=1S/C21H27N5O2/c27-20(23-11-6-14-28-16-7-5-10-22-15-16)19-17-8-1-2-9-18(17)24-21(25-19)26-12-3-4-13-26/h5,7,10,15H,1-4,6,8-9,11-14H2,(H,23,27). The van der Waals surface area contributed by atoms with Crippen LogP contribution in [0.15, 0.2) is 24.5 Å². The third kappa shape index (κ3) is 4.40. The van der Waals surface area contributed by atoms with Gasteiger partial charge >= 0.3 is 0 Å². The normalized spacial score (nSPS) is 15.9. The topological polar surface area (TPSA) is 80.2 Å². The van der Waals surface area contributed by atoms with Crippen molar-refractivity contribution in [1.29, 1.82) is 0 Å². The summed E-state index contributed by atoms with van der Waals surface area (Å²) in [4.78, 5) is 28.5. The molecule has 0 radical (unpaired) electrons. The van der Waals surface area contributed by atoms with Gasteiger partial charge in [-0.3, -0.25) is 9.78 Å². The van der Waals surface area contributed by atoms with E-state index in [1.54, 1.807) is 12.4 Å². The highest BCUT2D eigenvalue weighted by Crippen LogP contribution is 2.26. The molecule has 1 aliphatic carbocycles. The van der Waals surface area contributed by atoms with E-state index in [1.807, 2.05) is 12.1 Å². The van der Waals surface area contributed by atoms with Gasteiger partial charge in [-0.1, -0.05) is 0 Å². The molecule has 4 rings (SSSR count). The number of anilines is 1. The van der Waals surface area contributed by atoms with Gasteiger partial charge in [0.2, 0.25) is 5.95 Å². The van der Waals surface area contributed by atoms with Crippen molar-refractivity contribution < 1.29 is 9.53 Å². The lowest BCUT2D eigenvalue weighted by molar-refractivity contribution is 0.0945. The lowest BCUT2D eigenvalue weighted by atomic mass is 9.94. The molecule has 0 spiro atoms. The molecule has 7 nitrogen and oxygen atoms in total. The highest BCUT2D eigenvalue weighted by molar-refractivity contribution is 5.94. The number of pyridine rings is 1. The summed E-state index contributed by atoms with van der Waals surface area (Å²) in [5.41, 5.74) is 2.67. The third-order valence-corrected chi connectivity index (χ3v) is 5.29. The summed E-state index contributed by atoms with van der Waals surface area (Å²) < 4.78 is 5.62. The van der Waals surface area contributed by atoms with Gasteiger partial charge in [-0.2, -0.15) is 0 Å². The molecule has 148 valence electrons. The van der Waals surface area contributed by atoms with Gasteiger partial charge in [0, 0.05) is 37.1 Å². The Hall–Kier alpha value is -2.70. The zero-order valence-electron chi connectivity index (χ0n) is 16.2. The SMILES string of the molecule is O=C(NCCCOc1cccnc1)c1nc(N2CCCC2)nc2c1CCCC2. The Kier molecular flexibility index (Phi) is 5.99. The van der Waals surface area contributed by atoms with Crippen LogP contribution >= 0.6 is 0 Å². The smallest absolute Gasteiger partial charge is 0.270 e. The number of rotatable bonds is 7. The van der Waals surface area contributed by atoms with E-state index >= 15 is 0 Å². The van der Waals surface area contributed by atoms with Crippen molar-refractivity contribution >= 4 is 11.9 Å². The van der Waals surface area contributed by atoms with Crippen LogP contribution in [0.1, 0.15) is 53.8 Å². The van der Waals surface area contributed by atoms with Crippen molar-refractivity contribution in [2.75, 3.05) is 31.1 Å². The Labute approximate surface area is 165 Å². The first kappa shape index (κ1) is 18.7. The number of carbonyl (C=O) groups excluding carboxylic acids is 1. The number of nitrogens with one attached hydrogen (secondary N) is 1. The van der Waals surface area contributed by atoms with Crippen LogP contribution in [0, 0.1) is 0 Å². The van der Waals surface area contributed by atoms with Crippen LogP contribution in [0.4, 0.5) is 5.95 Å². The van der Waals surface area contributed by atoms with E-state index in [0.717, 1.165) is 68.1 Å². The van der Waals surface area contributed by atoms with Crippen LogP contribution in [-0.4, -0.2) is 47.1 Å². The third-order valence-electron chi connectivity index (χ3n) is 5.29. The average Bonchev–Trinajstić information content (AvgIpc) is 3.28. The number of hydrogen-bond donors (Lipinski definition) is 1. The van der Waals surface area contributed by atoms with Crippen LogP contribution in [-0.2, 0) is 12.8 Å². The number of hydrogen-bond acceptors (Lipinski definition) is 6. The summed E-state index contributed by atoms with van der Waals surface area (Å²) in [7, 11) is 0. The van der Waals surface area contributed by atoms with Gasteiger partial charge in [-0.25, -0.2) is 9.97 Å². The Balaban J connectivity index is 1.37. The number of fused-ring (bicyclic) bond motifs is 1. The summed E-state index contributed by atoms with van der Waals surface area (Å²) in [5.74, 6) is 1.37. The molecule has 3 heterocycles. The quantitative estimate of drug-likeness (QED) is 0.743. The Morgan fingerprint density at radius 3 is 2.82 bits per heavy atom. The molecule has 1 saturated heterocycles. The molecule has 1 fully saturated rings. The van der Waals surface area contributed by atoms with Crippen molar-refractivity contribution in [1.82, 2.24) is 20.3 Å². The lowest BCUT2D eigenvalue weighted by Crippen LogP contribution is -2.31. The minimum Gasteiger partial charge on any atom is -0.492 e. The molecule has 0 atom stereocenters. The first-order valence-electron chi connectivity index (χ1n) is 10.3. The molecule has 1 N–H and O–H groups in total. The number of aryl methyl sites for hydroxylation is 1. The summed E-state index contributed by atoms with van der Waals surface area (Å²) in [6.45, 7) is 3.04. The minimum absolute atomic E-state index is 0.0950. The zero-order chi connectivity index (χ0) is 19.2. The lowest BCUT2D eigenvalue weighted by Gasteiger charge is -2.22. The highest BCUT2D eigenvalue weighted by Gasteiger charge is 2.25. The van der Waals surface area contributed by atoms with Crippen LogP contribution in [0.25, 0.3) is 0 Å². The van der Waals surface area contributed by atoms with Crippen LogP contribution in [0.2, 0.25) is 0 Å². The molecular formula is C21H27N5O2. The summed E-state index contributed by atoms with van der Waals surface area (Å²) in [6.07, 6.45) is 10.5. The summed E-state index contributed by atoms with van der Waals surface area (Å²) in [6, 6.07) is 3.71. The fraction of sp³-hybridized carbons (Fsp3) is 0.524. The second-order valence-corrected chi connectivity index (χ2v) is 7.35. The Morgan fingerprint density at radius 1 is 1.14 bits per heavy atom. The van der Waals surface area contributed by atoms with E-state index in [2.05, 4.69) is 20.2 Å². The molecule has 28 heavy (non-hydrogen) atoms. The van der Waals surface area contributed by atoms with Crippen LogP contribution < -0.4 is 15.0 Å². The average molecular weight is 381 g/mol. The molecule has 0 saturated carbocycles. The fourth-order valence-corrected chi connectivity index (χ4v) is 3.81. The maximum absolute atomic E-state index is 12.8. The molecule has 7 heteroatoms. The predicted molar refractivity (Wildman–Crippen MR) is 107 cm³/mol. The van der Waals surface area contributed by atoms with Crippen molar-refractivity contribution in [3.8, 4) is 5.75 Å². The van der Waals surface area contributed by atoms with Gasteiger partial charge in [0.1, 0.15) is 11.4 Å². The molecule has 1 aliphatic heterocycles. The van der Waals surface area contributed by atoms with E-state index < -0.39 is 0 Å². The maximum atomic E-state index is 12.8. The van der Waals surface area contributed by atoms with Gasteiger partial charge in [0.25, 0.3) is 5.91 Å². The predicted octanol–water partition coefficient (Wildman–Crippen LogP) is 2.55. The number of nitrogens with zero attached hydrogens (tertiary/aromatic N) is 4. The summed E-state index contributed by atoms with van der Waals surface area (Å²) in [5, 5.41) is 3.01. The Bertz CT molecular complexity index is 806. The van der Waals surface area contributed by atoms with E-state index in [9.17, 15) is 4.79 Å². The molecule has 1 amide bonds. The van der Waals surface area contributed by atoms with Crippen molar-refractivity contribution in [3.63, 3.8) is 0 Å². The van der Waals surface area contributed by atoms with Gasteiger partial charge in [-0.05, 0) is 57.1 Å². The monoisotopic (exact) mass is 381 g/mol. The molecule has 2 aromatic rings. The van der Waals surface area contributed by atoms with Crippen LogP contribution in [0.5, 0.6) is 5.75 Å². The van der Waals surface area contributed by atoms with Gasteiger partial charge in [0.15, 0.2) is 0 Å². The molecule has 0 unspecified atom stereocenters. The van der Waals surface area contributed by atoms with Crippen molar-refractivity contribution in [3.05, 3.63) is 41.5 Å². The molecule has 2 aromatic heterocycles. The van der Waals surface area contributed by atoms with Gasteiger partial charge in [-0.15, -0.1) is 0 Å². The van der Waals surface area contributed by atoms with E-state index in [4.69, 9.17) is 9.72 Å². The first-order valence-corrected chi connectivity index (χ1v) is 10.3. The van der Waals surface area contributed by atoms with Crippen molar-refractivity contribution in [2.45, 2.75) is 44.9 Å². The number of ether oxygens (including phenoxy) is 1. The van der Waals surface area contributed by atoms with Gasteiger partial charge < -0.3 is 15.0 Å². The molecular weight excluding hydrogens is 354 g/mol. The van der Waals surface area contributed by atoms with Crippen molar-refractivity contribution in [2.24, 2.45) is 0 Å². The molecule has 0 bridgehead atoms. The van der Waals surface area contributed by atoms with E-state index in [0.29, 0.717) is 18.8 Å². The largest absolute Gasteiger partial charge is 0.492 e. The minimum atomic E-state index is -0.0950. The number of amides is 1. The van der Waals surface area contributed by atoms with Crippen LogP contribution in [0.3, 0.4) is 0 Å². The zero-order valence-corrected chi connectivity index (χ0v) is 16.2. The number of aromatic nitrogens is 3. The second-order valence-electron chi connectivity index (χ2n) is 7.35. The summed E-state index contributed by atoms with van der Waals surface area (Å²) >= 11 is 0. The second kappa shape index (κ2) is 8.99. The van der Waals surface area contributed by atoms with E-state index in [-0.39, 0.29) is 5.91 Å². The molecule has 2 aliphatic rings. The highest BCUT2D eigenvalue weighted by atomic mass is 16.5. The fourth-order valence-electron chi connectivity index (χ4n) is 3.81. The number of carbonyl (C=O) groups is 1. The molecule has 0 aromatic carbocycles. The Morgan fingerprint density at radius 2 is 2.00 bits per heavy atom. The van der Waals surface area contributed by atoms with E-state index in [1.165, 1.54) is 12.8 Å². The maximum Gasteiger partial charge on any atom is 0.270 e. The first-order chi connectivity index (χ1) is 13.8. The van der Waals surface area contributed by atoms with Gasteiger partial charge in [0.05, 0.1) is 12.8 Å².